The summed E-state index contributed by atoms with van der Waals surface area (Å²) in [5.41, 5.74) is 4.47. The molecular formula is C16H12N4OS3. The maximum Gasteiger partial charge on any atom is 0.234 e. The van der Waals surface area contributed by atoms with Gasteiger partial charge in [-0.05, 0) is 23.8 Å². The van der Waals surface area contributed by atoms with Gasteiger partial charge in [0.15, 0.2) is 0 Å². The number of para-hydroxylation sites is 1. The smallest absolute Gasteiger partial charge is 0.234 e. The van der Waals surface area contributed by atoms with E-state index < -0.39 is 0 Å². The average molecular weight is 373 g/mol. The molecule has 0 unspecified atom stereocenters. The first-order valence-corrected chi connectivity index (χ1v) is 9.93. The molecule has 0 fully saturated rings. The lowest BCUT2D eigenvalue weighted by atomic mass is 10.2. The number of carbonyl (C=O) groups excluding carboxylic acids is 1. The predicted molar refractivity (Wildman–Crippen MR) is 103 cm³/mol. The number of nitrogens with one attached hydrogen (secondary N) is 1. The molecule has 2 heterocycles. The van der Waals surface area contributed by atoms with Gasteiger partial charge in [0.2, 0.25) is 5.91 Å². The molecule has 8 heteroatoms. The highest BCUT2D eigenvalue weighted by Gasteiger charge is 2.15. The second kappa shape index (κ2) is 6.92. The first kappa shape index (κ1) is 15.6. The van der Waals surface area contributed by atoms with Crippen LogP contribution in [-0.4, -0.2) is 24.8 Å². The van der Waals surface area contributed by atoms with Crippen molar-refractivity contribution >= 4 is 67.9 Å². The zero-order valence-electron chi connectivity index (χ0n) is 12.4. The fourth-order valence-corrected chi connectivity index (χ4v) is 4.72. The van der Waals surface area contributed by atoms with Crippen LogP contribution in [0.25, 0.3) is 11.0 Å². The van der Waals surface area contributed by atoms with Gasteiger partial charge in [0.05, 0.1) is 28.9 Å². The number of aromatic nitrogens is 2. The van der Waals surface area contributed by atoms with Crippen LogP contribution >= 0.6 is 35.3 Å². The molecule has 1 aromatic heterocycles. The Kier molecular flexibility index (Phi) is 4.50. The van der Waals surface area contributed by atoms with E-state index in [2.05, 4.69) is 25.1 Å². The Morgan fingerprint density at radius 2 is 2.08 bits per heavy atom. The molecule has 4 rings (SSSR count). The summed E-state index contributed by atoms with van der Waals surface area (Å²) in [4.78, 5) is 16.8. The van der Waals surface area contributed by atoms with Gasteiger partial charge in [0, 0.05) is 5.75 Å². The van der Waals surface area contributed by atoms with E-state index >= 15 is 0 Å². The van der Waals surface area contributed by atoms with Gasteiger partial charge in [-0.15, -0.1) is 0 Å². The number of hydrogen-bond donors (Lipinski definition) is 1. The minimum atomic E-state index is -0.0670. The summed E-state index contributed by atoms with van der Waals surface area (Å²) >= 11 is 4.28. The van der Waals surface area contributed by atoms with E-state index in [0.29, 0.717) is 11.4 Å². The zero-order valence-corrected chi connectivity index (χ0v) is 14.9. The SMILES string of the molecule is O=C(CSC1=Nc2ccccc2CS1)Nc1cccc2nsnc12. The van der Waals surface area contributed by atoms with Crippen molar-refractivity contribution in [2.75, 3.05) is 11.1 Å². The number of thioether (sulfide) groups is 2. The molecule has 0 atom stereocenters. The number of fused-ring (bicyclic) bond motifs is 2. The number of nitrogens with zero attached hydrogens (tertiary/aromatic N) is 3. The minimum absolute atomic E-state index is 0.0670. The van der Waals surface area contributed by atoms with Crippen LogP contribution in [0.4, 0.5) is 11.4 Å². The van der Waals surface area contributed by atoms with Gasteiger partial charge in [-0.2, -0.15) is 8.75 Å². The van der Waals surface area contributed by atoms with E-state index in [1.807, 2.05) is 36.4 Å². The van der Waals surface area contributed by atoms with Crippen molar-refractivity contribution in [3.05, 3.63) is 48.0 Å². The fourth-order valence-electron chi connectivity index (χ4n) is 2.31. The first-order valence-electron chi connectivity index (χ1n) is 7.23. The Balaban J connectivity index is 1.41. The summed E-state index contributed by atoms with van der Waals surface area (Å²) in [5, 5.41) is 2.91. The molecule has 24 heavy (non-hydrogen) atoms. The Hall–Kier alpha value is -1.90. The van der Waals surface area contributed by atoms with Crippen molar-refractivity contribution < 1.29 is 4.79 Å². The minimum Gasteiger partial charge on any atom is -0.323 e. The van der Waals surface area contributed by atoms with Crippen molar-refractivity contribution in [3.63, 3.8) is 0 Å². The van der Waals surface area contributed by atoms with Crippen molar-refractivity contribution in [1.82, 2.24) is 8.75 Å². The Bertz CT molecular complexity index is 938. The summed E-state index contributed by atoms with van der Waals surface area (Å²) in [6.45, 7) is 0. The third kappa shape index (κ3) is 3.31. The number of hydrogen-bond acceptors (Lipinski definition) is 7. The van der Waals surface area contributed by atoms with Crippen LogP contribution in [0.5, 0.6) is 0 Å². The standard InChI is InChI=1S/C16H12N4OS3/c21-14(17-12-6-3-7-13-15(12)20-24-19-13)9-23-16-18-11-5-2-1-4-10(11)8-22-16/h1-7H,8-9H2,(H,17,21). The van der Waals surface area contributed by atoms with Crippen molar-refractivity contribution in [2.45, 2.75) is 5.75 Å². The van der Waals surface area contributed by atoms with E-state index in [1.54, 1.807) is 11.8 Å². The van der Waals surface area contributed by atoms with Gasteiger partial charge < -0.3 is 5.32 Å². The monoisotopic (exact) mass is 372 g/mol. The molecule has 0 radical (unpaired) electrons. The lowest BCUT2D eigenvalue weighted by Gasteiger charge is -2.14. The highest BCUT2D eigenvalue weighted by Crippen LogP contribution is 2.34. The van der Waals surface area contributed by atoms with E-state index in [9.17, 15) is 4.79 Å². The van der Waals surface area contributed by atoms with Gasteiger partial charge in [-0.1, -0.05) is 47.8 Å². The predicted octanol–water partition coefficient (Wildman–Crippen LogP) is 4.30. The zero-order chi connectivity index (χ0) is 16.4. The number of carbonyl (C=O) groups is 1. The molecule has 1 aliphatic heterocycles. The van der Waals surface area contributed by atoms with E-state index in [-0.39, 0.29) is 5.91 Å². The van der Waals surface area contributed by atoms with Gasteiger partial charge in [-0.3, -0.25) is 4.79 Å². The summed E-state index contributed by atoms with van der Waals surface area (Å²) in [6, 6.07) is 13.7. The Morgan fingerprint density at radius 1 is 1.17 bits per heavy atom. The Labute approximate surface area is 151 Å². The third-order valence-electron chi connectivity index (χ3n) is 3.44. The molecule has 1 aliphatic rings. The number of benzene rings is 2. The maximum atomic E-state index is 12.2. The van der Waals surface area contributed by atoms with Gasteiger partial charge in [-0.25, -0.2) is 4.99 Å². The Morgan fingerprint density at radius 3 is 3.04 bits per heavy atom. The largest absolute Gasteiger partial charge is 0.323 e. The van der Waals surface area contributed by atoms with E-state index in [1.165, 1.54) is 17.3 Å². The lowest BCUT2D eigenvalue weighted by molar-refractivity contribution is -0.113. The molecule has 1 N–H and O–H groups in total. The molecule has 0 saturated heterocycles. The first-order chi connectivity index (χ1) is 11.8. The van der Waals surface area contributed by atoms with Crippen LogP contribution in [0.15, 0.2) is 47.5 Å². The molecule has 0 saturated carbocycles. The van der Waals surface area contributed by atoms with E-state index in [0.717, 1.165) is 38.6 Å². The highest BCUT2D eigenvalue weighted by atomic mass is 32.2. The van der Waals surface area contributed by atoms with Crippen LogP contribution < -0.4 is 5.32 Å². The van der Waals surface area contributed by atoms with Gasteiger partial charge >= 0.3 is 0 Å². The molecule has 1 amide bonds. The molecule has 0 aliphatic carbocycles. The molecule has 0 spiro atoms. The lowest BCUT2D eigenvalue weighted by Crippen LogP contribution is -2.15. The number of rotatable bonds is 3. The molecule has 5 nitrogen and oxygen atoms in total. The maximum absolute atomic E-state index is 12.2. The van der Waals surface area contributed by atoms with Crippen LogP contribution in [0.2, 0.25) is 0 Å². The van der Waals surface area contributed by atoms with Crippen molar-refractivity contribution in [2.24, 2.45) is 4.99 Å². The molecule has 2 aromatic carbocycles. The number of aliphatic imine (C=N–C) groups is 1. The van der Waals surface area contributed by atoms with Crippen LogP contribution in [0.1, 0.15) is 5.56 Å². The average Bonchev–Trinajstić information content (AvgIpc) is 3.10. The van der Waals surface area contributed by atoms with Crippen molar-refractivity contribution in [3.8, 4) is 0 Å². The highest BCUT2D eigenvalue weighted by molar-refractivity contribution is 8.38. The summed E-state index contributed by atoms with van der Waals surface area (Å²) in [7, 11) is 0. The second-order valence-corrected chi connectivity index (χ2v) is 7.78. The fraction of sp³-hybridized carbons (Fsp3) is 0.125. The second-order valence-electron chi connectivity index (χ2n) is 5.07. The summed E-state index contributed by atoms with van der Waals surface area (Å²) in [5.74, 6) is 1.15. The molecule has 0 bridgehead atoms. The molecule has 3 aromatic rings. The quantitative estimate of drug-likeness (QED) is 0.742. The van der Waals surface area contributed by atoms with Crippen LogP contribution in [0, 0.1) is 0 Å². The normalized spacial score (nSPS) is 13.4. The summed E-state index contributed by atoms with van der Waals surface area (Å²) in [6.07, 6.45) is 0. The van der Waals surface area contributed by atoms with Crippen molar-refractivity contribution in [1.29, 1.82) is 0 Å². The summed E-state index contributed by atoms with van der Waals surface area (Å²) < 4.78 is 9.34. The van der Waals surface area contributed by atoms with Crippen LogP contribution in [-0.2, 0) is 10.5 Å². The van der Waals surface area contributed by atoms with Gasteiger partial charge in [0.1, 0.15) is 15.4 Å². The molecular weight excluding hydrogens is 360 g/mol. The number of amides is 1. The van der Waals surface area contributed by atoms with Gasteiger partial charge in [0.25, 0.3) is 0 Å². The van der Waals surface area contributed by atoms with Crippen LogP contribution in [0.3, 0.4) is 0 Å². The van der Waals surface area contributed by atoms with E-state index in [4.69, 9.17) is 0 Å². The number of anilines is 1. The molecule has 120 valence electrons. The topological polar surface area (TPSA) is 67.2 Å². The third-order valence-corrected chi connectivity index (χ3v) is 6.23.